The smallest absolute Gasteiger partial charge is 0.0689 e. The highest BCUT2D eigenvalue weighted by atomic mass is 15.2. The van der Waals surface area contributed by atoms with Gasteiger partial charge in [-0.15, -0.1) is 0 Å². The predicted molar refractivity (Wildman–Crippen MR) is 78.9 cm³/mol. The molecular formula is C16H29N3. The zero-order valence-electron chi connectivity index (χ0n) is 12.5. The maximum atomic E-state index is 9.56. The summed E-state index contributed by atoms with van der Waals surface area (Å²) in [7, 11) is 0. The highest BCUT2D eigenvalue weighted by molar-refractivity contribution is 5.02. The lowest BCUT2D eigenvalue weighted by atomic mass is 9.70. The van der Waals surface area contributed by atoms with Crippen molar-refractivity contribution in [3.05, 3.63) is 0 Å². The Balaban J connectivity index is 1.80. The van der Waals surface area contributed by atoms with Crippen LogP contribution < -0.4 is 5.32 Å². The minimum atomic E-state index is 0.0136. The molecule has 0 unspecified atom stereocenters. The molecule has 1 N–H and O–H groups in total. The number of unbranched alkanes of at least 4 members (excludes halogenated alkanes) is 2. The molecule has 0 radical (unpaired) electrons. The van der Waals surface area contributed by atoms with E-state index in [9.17, 15) is 5.26 Å². The lowest BCUT2D eigenvalue weighted by molar-refractivity contribution is 0.0983. The van der Waals surface area contributed by atoms with Crippen LogP contribution in [0.1, 0.15) is 58.3 Å². The molecule has 0 aromatic carbocycles. The molecule has 1 aliphatic heterocycles. The van der Waals surface area contributed by atoms with Gasteiger partial charge in [0.1, 0.15) is 0 Å². The fourth-order valence-electron chi connectivity index (χ4n) is 3.70. The van der Waals surface area contributed by atoms with Crippen molar-refractivity contribution in [2.75, 3.05) is 26.2 Å². The van der Waals surface area contributed by atoms with Crippen LogP contribution in [-0.4, -0.2) is 37.1 Å². The molecule has 3 heteroatoms. The first-order valence-electron chi connectivity index (χ1n) is 8.16. The van der Waals surface area contributed by atoms with Crippen molar-refractivity contribution in [2.24, 2.45) is 5.41 Å². The molecule has 108 valence electrons. The Kier molecular flexibility index (Phi) is 5.66. The highest BCUT2D eigenvalue weighted by Gasteiger charge is 2.36. The number of hydrogen-bond donors (Lipinski definition) is 1. The second-order valence-electron chi connectivity index (χ2n) is 6.37. The molecule has 0 aromatic rings. The van der Waals surface area contributed by atoms with Gasteiger partial charge < -0.3 is 5.32 Å². The molecule has 1 saturated heterocycles. The van der Waals surface area contributed by atoms with Gasteiger partial charge in [0.2, 0.25) is 0 Å². The maximum Gasteiger partial charge on any atom is 0.0689 e. The fourth-order valence-corrected chi connectivity index (χ4v) is 3.70. The predicted octanol–water partition coefficient (Wildman–Crippen LogP) is 2.92. The van der Waals surface area contributed by atoms with E-state index in [-0.39, 0.29) is 5.41 Å². The van der Waals surface area contributed by atoms with E-state index in [0.717, 1.165) is 38.4 Å². The average molecular weight is 263 g/mol. The number of nitriles is 1. The van der Waals surface area contributed by atoms with Crippen LogP contribution in [0.25, 0.3) is 0 Å². The van der Waals surface area contributed by atoms with Gasteiger partial charge in [-0.2, -0.15) is 5.26 Å². The van der Waals surface area contributed by atoms with E-state index in [1.165, 1.54) is 45.2 Å². The number of hydrogen-bond acceptors (Lipinski definition) is 3. The second-order valence-corrected chi connectivity index (χ2v) is 6.37. The van der Waals surface area contributed by atoms with Gasteiger partial charge >= 0.3 is 0 Å². The van der Waals surface area contributed by atoms with Crippen LogP contribution in [0.2, 0.25) is 0 Å². The van der Waals surface area contributed by atoms with E-state index in [0.29, 0.717) is 0 Å². The largest absolute Gasteiger partial charge is 0.314 e. The number of piperazine rings is 1. The van der Waals surface area contributed by atoms with Crippen molar-refractivity contribution in [2.45, 2.75) is 64.3 Å². The first-order chi connectivity index (χ1) is 9.29. The van der Waals surface area contributed by atoms with E-state index in [1.54, 1.807) is 0 Å². The molecule has 1 saturated carbocycles. The van der Waals surface area contributed by atoms with Gasteiger partial charge in [0.05, 0.1) is 11.5 Å². The number of nitrogens with one attached hydrogen (secondary N) is 1. The Morgan fingerprint density at radius 3 is 2.47 bits per heavy atom. The summed E-state index contributed by atoms with van der Waals surface area (Å²) in [4.78, 5) is 2.64. The van der Waals surface area contributed by atoms with Crippen LogP contribution in [0.3, 0.4) is 0 Å². The first-order valence-corrected chi connectivity index (χ1v) is 8.16. The Bertz CT molecular complexity index is 294. The van der Waals surface area contributed by atoms with E-state index in [4.69, 9.17) is 0 Å². The first kappa shape index (κ1) is 14.8. The van der Waals surface area contributed by atoms with E-state index in [1.807, 2.05) is 0 Å². The summed E-state index contributed by atoms with van der Waals surface area (Å²) in [6.45, 7) is 6.90. The molecule has 0 aromatic heterocycles. The summed E-state index contributed by atoms with van der Waals surface area (Å²) in [6, 6.07) is 3.41. The lowest BCUT2D eigenvalue weighted by Gasteiger charge is -2.42. The van der Waals surface area contributed by atoms with Gasteiger partial charge in [-0.25, -0.2) is 0 Å². The van der Waals surface area contributed by atoms with Gasteiger partial charge in [0.25, 0.3) is 0 Å². The highest BCUT2D eigenvalue weighted by Crippen LogP contribution is 2.41. The standard InChI is InChI=1S/C16H29N3/c1-2-3-4-7-16(14-17)8-5-15(6-9-16)19-12-10-18-11-13-19/h15,18H,2-13H2,1H3. The van der Waals surface area contributed by atoms with Crippen LogP contribution in [0, 0.1) is 16.7 Å². The van der Waals surface area contributed by atoms with Crippen LogP contribution in [0.5, 0.6) is 0 Å². The van der Waals surface area contributed by atoms with Crippen LogP contribution >= 0.6 is 0 Å². The van der Waals surface area contributed by atoms with Gasteiger partial charge in [-0.3, -0.25) is 4.90 Å². The minimum absolute atomic E-state index is 0.0136. The molecular weight excluding hydrogens is 234 g/mol. The zero-order chi connectivity index (χ0) is 13.6. The van der Waals surface area contributed by atoms with Gasteiger partial charge in [0, 0.05) is 32.2 Å². The molecule has 3 nitrogen and oxygen atoms in total. The molecule has 2 rings (SSSR count). The fraction of sp³-hybridized carbons (Fsp3) is 0.938. The summed E-state index contributed by atoms with van der Waals surface area (Å²) >= 11 is 0. The molecule has 0 spiro atoms. The summed E-state index contributed by atoms with van der Waals surface area (Å²) in [5.74, 6) is 0. The molecule has 0 bridgehead atoms. The lowest BCUT2D eigenvalue weighted by Crippen LogP contribution is -2.50. The number of nitrogens with zero attached hydrogens (tertiary/aromatic N) is 2. The van der Waals surface area contributed by atoms with Crippen molar-refractivity contribution in [3.63, 3.8) is 0 Å². The molecule has 0 amide bonds. The molecule has 2 aliphatic rings. The normalized spacial score (nSPS) is 32.9. The van der Waals surface area contributed by atoms with Crippen LogP contribution in [0.4, 0.5) is 0 Å². The third kappa shape index (κ3) is 3.94. The zero-order valence-corrected chi connectivity index (χ0v) is 12.5. The molecule has 1 aliphatic carbocycles. The number of rotatable bonds is 5. The molecule has 19 heavy (non-hydrogen) atoms. The Labute approximate surface area is 118 Å². The Morgan fingerprint density at radius 2 is 1.89 bits per heavy atom. The quantitative estimate of drug-likeness (QED) is 0.775. The summed E-state index contributed by atoms with van der Waals surface area (Å²) in [5.41, 5.74) is 0.0136. The summed E-state index contributed by atoms with van der Waals surface area (Å²) < 4.78 is 0. The van der Waals surface area contributed by atoms with Crippen molar-refractivity contribution in [1.29, 1.82) is 5.26 Å². The maximum absolute atomic E-state index is 9.56. The summed E-state index contributed by atoms with van der Waals surface area (Å²) in [5, 5.41) is 13.0. The monoisotopic (exact) mass is 263 g/mol. The van der Waals surface area contributed by atoms with E-state index < -0.39 is 0 Å². The van der Waals surface area contributed by atoms with Gasteiger partial charge in [-0.1, -0.05) is 26.2 Å². The van der Waals surface area contributed by atoms with Crippen LogP contribution in [-0.2, 0) is 0 Å². The van der Waals surface area contributed by atoms with Crippen molar-refractivity contribution >= 4 is 0 Å². The van der Waals surface area contributed by atoms with E-state index in [2.05, 4.69) is 23.2 Å². The molecule has 0 atom stereocenters. The average Bonchev–Trinajstić information content (AvgIpc) is 2.49. The Hall–Kier alpha value is -0.590. The SMILES string of the molecule is CCCCCC1(C#N)CCC(N2CCNCC2)CC1. The van der Waals surface area contributed by atoms with Crippen molar-refractivity contribution in [1.82, 2.24) is 10.2 Å². The van der Waals surface area contributed by atoms with Crippen LogP contribution in [0.15, 0.2) is 0 Å². The van der Waals surface area contributed by atoms with Crippen molar-refractivity contribution in [3.8, 4) is 6.07 Å². The van der Waals surface area contributed by atoms with Gasteiger partial charge in [-0.05, 0) is 32.1 Å². The Morgan fingerprint density at radius 1 is 1.21 bits per heavy atom. The topological polar surface area (TPSA) is 39.1 Å². The van der Waals surface area contributed by atoms with E-state index >= 15 is 0 Å². The molecule has 2 fully saturated rings. The third-order valence-corrected chi connectivity index (χ3v) is 5.08. The third-order valence-electron chi connectivity index (χ3n) is 5.08. The van der Waals surface area contributed by atoms with Gasteiger partial charge in [0.15, 0.2) is 0 Å². The minimum Gasteiger partial charge on any atom is -0.314 e. The second kappa shape index (κ2) is 7.26. The molecule has 1 heterocycles. The van der Waals surface area contributed by atoms with Crippen molar-refractivity contribution < 1.29 is 0 Å². The summed E-state index contributed by atoms with van der Waals surface area (Å²) in [6.07, 6.45) is 9.63.